The average molecular weight is 244 g/mol. The molecule has 18 heavy (non-hydrogen) atoms. The van der Waals surface area contributed by atoms with Crippen LogP contribution in [0, 0.1) is 0 Å². The van der Waals surface area contributed by atoms with Gasteiger partial charge in [0.1, 0.15) is 5.76 Å². The standard InChI is InChI=1S/C14H16N2O2/c1-2-16(12-7-4-3-5-8-12)14(17)15-11-13-9-6-10-18-13/h3-10H,2,11H2,1H3,(H,15,17). The molecule has 2 aromatic rings. The first kappa shape index (κ1) is 12.2. The first-order chi connectivity index (χ1) is 8.81. The van der Waals surface area contributed by atoms with Crippen LogP contribution >= 0.6 is 0 Å². The molecule has 1 aromatic heterocycles. The molecule has 94 valence electrons. The van der Waals surface area contributed by atoms with Gasteiger partial charge in [0.2, 0.25) is 0 Å². The van der Waals surface area contributed by atoms with Gasteiger partial charge in [-0.15, -0.1) is 0 Å². The van der Waals surface area contributed by atoms with Crippen LogP contribution in [0.4, 0.5) is 10.5 Å². The van der Waals surface area contributed by atoms with Crippen LogP contribution in [0.1, 0.15) is 12.7 Å². The van der Waals surface area contributed by atoms with E-state index in [9.17, 15) is 4.79 Å². The number of anilines is 1. The SMILES string of the molecule is CCN(C(=O)NCc1ccco1)c1ccccc1. The van der Waals surface area contributed by atoms with Gasteiger partial charge < -0.3 is 9.73 Å². The van der Waals surface area contributed by atoms with Crippen molar-refractivity contribution in [2.24, 2.45) is 0 Å². The minimum Gasteiger partial charge on any atom is -0.467 e. The molecule has 4 heteroatoms. The van der Waals surface area contributed by atoms with Crippen LogP contribution in [0.2, 0.25) is 0 Å². The molecule has 1 aromatic carbocycles. The maximum absolute atomic E-state index is 12.0. The molecule has 4 nitrogen and oxygen atoms in total. The predicted octanol–water partition coefficient (Wildman–Crippen LogP) is 3.02. The molecule has 0 aliphatic heterocycles. The van der Waals surface area contributed by atoms with Gasteiger partial charge in [-0.05, 0) is 31.2 Å². The lowest BCUT2D eigenvalue weighted by molar-refractivity contribution is 0.245. The smallest absolute Gasteiger partial charge is 0.322 e. The number of nitrogens with one attached hydrogen (secondary N) is 1. The number of amides is 2. The number of para-hydroxylation sites is 1. The van der Waals surface area contributed by atoms with E-state index in [1.807, 2.05) is 43.3 Å². The maximum atomic E-state index is 12.0. The van der Waals surface area contributed by atoms with E-state index >= 15 is 0 Å². The molecule has 0 unspecified atom stereocenters. The van der Waals surface area contributed by atoms with Crippen LogP contribution < -0.4 is 10.2 Å². The molecule has 0 saturated heterocycles. The van der Waals surface area contributed by atoms with Gasteiger partial charge in [0.15, 0.2) is 0 Å². The first-order valence-corrected chi connectivity index (χ1v) is 5.94. The highest BCUT2D eigenvalue weighted by Gasteiger charge is 2.13. The van der Waals surface area contributed by atoms with Crippen LogP contribution in [0.25, 0.3) is 0 Å². The van der Waals surface area contributed by atoms with Gasteiger partial charge in [-0.3, -0.25) is 4.90 Å². The van der Waals surface area contributed by atoms with Crippen LogP contribution in [-0.2, 0) is 6.54 Å². The van der Waals surface area contributed by atoms with Crippen molar-refractivity contribution in [1.82, 2.24) is 5.32 Å². The number of rotatable bonds is 4. The molecule has 2 amide bonds. The summed E-state index contributed by atoms with van der Waals surface area (Å²) in [5, 5.41) is 2.83. The Hall–Kier alpha value is -2.23. The van der Waals surface area contributed by atoms with Crippen LogP contribution in [-0.4, -0.2) is 12.6 Å². The lowest BCUT2D eigenvalue weighted by Gasteiger charge is -2.21. The summed E-state index contributed by atoms with van der Waals surface area (Å²) >= 11 is 0. The van der Waals surface area contributed by atoms with Gasteiger partial charge in [0, 0.05) is 12.2 Å². The Labute approximate surface area is 106 Å². The van der Waals surface area contributed by atoms with Gasteiger partial charge in [-0.1, -0.05) is 18.2 Å². The van der Waals surface area contributed by atoms with Crippen molar-refractivity contribution in [3.63, 3.8) is 0 Å². The van der Waals surface area contributed by atoms with Crippen molar-refractivity contribution in [3.05, 3.63) is 54.5 Å². The second-order valence-electron chi connectivity index (χ2n) is 3.82. The third kappa shape index (κ3) is 2.91. The Morgan fingerprint density at radius 2 is 2.00 bits per heavy atom. The number of carbonyl (C=O) groups is 1. The molecule has 0 aliphatic rings. The molecule has 0 fully saturated rings. The molecule has 2 rings (SSSR count). The Morgan fingerprint density at radius 1 is 1.22 bits per heavy atom. The molecule has 0 aliphatic carbocycles. The van der Waals surface area contributed by atoms with Crippen molar-refractivity contribution in [1.29, 1.82) is 0 Å². The fraction of sp³-hybridized carbons (Fsp3) is 0.214. The third-order valence-electron chi connectivity index (χ3n) is 2.62. The summed E-state index contributed by atoms with van der Waals surface area (Å²) in [7, 11) is 0. The van der Waals surface area contributed by atoms with Crippen molar-refractivity contribution < 1.29 is 9.21 Å². The van der Waals surface area contributed by atoms with Crippen LogP contribution in [0.3, 0.4) is 0 Å². The van der Waals surface area contributed by atoms with Gasteiger partial charge in [-0.2, -0.15) is 0 Å². The fourth-order valence-corrected chi connectivity index (χ4v) is 1.72. The van der Waals surface area contributed by atoms with Crippen LogP contribution in [0.15, 0.2) is 53.1 Å². The quantitative estimate of drug-likeness (QED) is 0.898. The number of nitrogens with zero attached hydrogens (tertiary/aromatic N) is 1. The van der Waals surface area contributed by atoms with Gasteiger partial charge in [0.25, 0.3) is 0 Å². The Morgan fingerprint density at radius 3 is 2.61 bits per heavy atom. The number of hydrogen-bond donors (Lipinski definition) is 1. The monoisotopic (exact) mass is 244 g/mol. The molecule has 0 radical (unpaired) electrons. The van der Waals surface area contributed by atoms with E-state index in [0.717, 1.165) is 11.4 Å². The summed E-state index contributed by atoms with van der Waals surface area (Å²) in [4.78, 5) is 13.7. The van der Waals surface area contributed by atoms with E-state index in [1.54, 1.807) is 17.2 Å². The Kier molecular flexibility index (Phi) is 4.02. The summed E-state index contributed by atoms with van der Waals surface area (Å²) in [6.07, 6.45) is 1.59. The zero-order valence-electron chi connectivity index (χ0n) is 10.3. The summed E-state index contributed by atoms with van der Waals surface area (Å²) < 4.78 is 5.17. The van der Waals surface area contributed by atoms with E-state index in [2.05, 4.69) is 5.32 Å². The molecule has 0 saturated carbocycles. The lowest BCUT2D eigenvalue weighted by atomic mass is 10.3. The minimum atomic E-state index is -0.125. The third-order valence-corrected chi connectivity index (χ3v) is 2.62. The predicted molar refractivity (Wildman–Crippen MR) is 70.4 cm³/mol. The normalized spacial score (nSPS) is 10.1. The molecule has 0 bridgehead atoms. The fourth-order valence-electron chi connectivity index (χ4n) is 1.72. The average Bonchev–Trinajstić information content (AvgIpc) is 2.92. The highest BCUT2D eigenvalue weighted by atomic mass is 16.3. The number of furan rings is 1. The minimum absolute atomic E-state index is 0.125. The molecule has 1 heterocycles. The second kappa shape index (κ2) is 5.91. The number of carbonyl (C=O) groups excluding carboxylic acids is 1. The van der Waals surface area contributed by atoms with E-state index < -0.39 is 0 Å². The second-order valence-corrected chi connectivity index (χ2v) is 3.82. The largest absolute Gasteiger partial charge is 0.467 e. The van der Waals surface area contributed by atoms with Crippen molar-refractivity contribution in [2.75, 3.05) is 11.4 Å². The highest BCUT2D eigenvalue weighted by molar-refractivity contribution is 5.91. The van der Waals surface area contributed by atoms with Crippen molar-refractivity contribution in [2.45, 2.75) is 13.5 Å². The number of urea groups is 1. The van der Waals surface area contributed by atoms with E-state index in [4.69, 9.17) is 4.42 Å². The summed E-state index contributed by atoms with van der Waals surface area (Å²) in [6, 6.07) is 13.1. The molecular formula is C14H16N2O2. The lowest BCUT2D eigenvalue weighted by Crippen LogP contribution is -2.39. The molecule has 0 spiro atoms. The zero-order chi connectivity index (χ0) is 12.8. The van der Waals surface area contributed by atoms with Gasteiger partial charge >= 0.3 is 6.03 Å². The van der Waals surface area contributed by atoms with Crippen molar-refractivity contribution >= 4 is 11.7 Å². The van der Waals surface area contributed by atoms with Gasteiger partial charge in [-0.25, -0.2) is 4.79 Å². The molecule has 1 N–H and O–H groups in total. The van der Waals surface area contributed by atoms with Crippen molar-refractivity contribution in [3.8, 4) is 0 Å². The maximum Gasteiger partial charge on any atom is 0.322 e. The summed E-state index contributed by atoms with van der Waals surface area (Å²) in [6.45, 7) is 2.96. The van der Waals surface area contributed by atoms with E-state index in [0.29, 0.717) is 13.1 Å². The highest BCUT2D eigenvalue weighted by Crippen LogP contribution is 2.13. The molecule has 0 atom stereocenters. The first-order valence-electron chi connectivity index (χ1n) is 5.94. The van der Waals surface area contributed by atoms with Crippen LogP contribution in [0.5, 0.6) is 0 Å². The number of hydrogen-bond acceptors (Lipinski definition) is 2. The zero-order valence-corrected chi connectivity index (χ0v) is 10.3. The number of benzene rings is 1. The molecular weight excluding hydrogens is 228 g/mol. The summed E-state index contributed by atoms with van der Waals surface area (Å²) in [5.41, 5.74) is 0.886. The Balaban J connectivity index is 1.98. The summed E-state index contributed by atoms with van der Waals surface area (Å²) in [5.74, 6) is 0.743. The van der Waals surface area contributed by atoms with E-state index in [1.165, 1.54) is 0 Å². The topological polar surface area (TPSA) is 45.5 Å². The van der Waals surface area contributed by atoms with Gasteiger partial charge in [0.05, 0.1) is 12.8 Å². The Bertz CT molecular complexity index is 480. The van der Waals surface area contributed by atoms with E-state index in [-0.39, 0.29) is 6.03 Å².